The summed E-state index contributed by atoms with van der Waals surface area (Å²) in [5.74, 6) is 0.624. The number of para-hydroxylation sites is 1. The largest absolute Gasteiger partial charge is 0.494 e. The molecule has 162 valence electrons. The minimum absolute atomic E-state index is 0.108. The van der Waals surface area contributed by atoms with Crippen LogP contribution in [0.15, 0.2) is 42.5 Å². The van der Waals surface area contributed by atoms with E-state index in [9.17, 15) is 13.2 Å². The smallest absolute Gasteiger partial charge is 0.418 e. The number of aromatic nitrogens is 2. The molecule has 0 bridgehead atoms. The van der Waals surface area contributed by atoms with Crippen LogP contribution in [0, 0.1) is 6.92 Å². The zero-order chi connectivity index (χ0) is 22.2. The summed E-state index contributed by atoms with van der Waals surface area (Å²) in [6.45, 7) is 2.43. The number of benzene rings is 2. The number of H-pyrrole nitrogens is 1. The molecule has 31 heavy (non-hydrogen) atoms. The third kappa shape index (κ3) is 3.85. The van der Waals surface area contributed by atoms with Crippen LogP contribution in [0.5, 0.6) is 5.75 Å². The maximum Gasteiger partial charge on any atom is 0.418 e. The number of alkyl halides is 3. The summed E-state index contributed by atoms with van der Waals surface area (Å²) in [5.41, 5.74) is 8.96. The molecule has 0 fully saturated rings. The lowest BCUT2D eigenvalue weighted by Crippen LogP contribution is -2.05. The van der Waals surface area contributed by atoms with Crippen LogP contribution in [0.25, 0.3) is 33.1 Å². The number of fused-ring (bicyclic) bond motifs is 2. The second-order valence-corrected chi connectivity index (χ2v) is 7.61. The van der Waals surface area contributed by atoms with Crippen molar-refractivity contribution >= 4 is 21.8 Å². The van der Waals surface area contributed by atoms with Gasteiger partial charge in [-0.15, -0.1) is 0 Å². The molecule has 4 rings (SSSR count). The summed E-state index contributed by atoms with van der Waals surface area (Å²) in [6.07, 6.45) is -2.23. The maximum absolute atomic E-state index is 13.7. The predicted molar refractivity (Wildman–Crippen MR) is 117 cm³/mol. The van der Waals surface area contributed by atoms with Gasteiger partial charge < -0.3 is 15.5 Å². The van der Waals surface area contributed by atoms with Gasteiger partial charge in [0.1, 0.15) is 11.3 Å². The van der Waals surface area contributed by atoms with E-state index >= 15 is 0 Å². The SMILES string of the molecule is COc1ccc(-c2[nH]c3c(C(F)(F)F)cccc3c2CCCCN)c2ccc(C)nc12. The molecule has 0 aliphatic heterocycles. The Balaban J connectivity index is 2.02. The van der Waals surface area contributed by atoms with E-state index in [1.165, 1.54) is 6.07 Å². The summed E-state index contributed by atoms with van der Waals surface area (Å²) >= 11 is 0. The van der Waals surface area contributed by atoms with Crippen molar-refractivity contribution in [3.63, 3.8) is 0 Å². The number of pyridine rings is 1. The standard InChI is InChI=1S/C24H24F3N3O/c1-14-9-10-18-17(11-12-20(31-2)23(18)29-14)21-15(6-3-4-13-28)16-7-5-8-19(22(16)30-21)24(25,26)27/h5,7-12,30H,3-4,6,13,28H2,1-2H3. The van der Waals surface area contributed by atoms with Gasteiger partial charge in [-0.3, -0.25) is 0 Å². The molecule has 0 aliphatic rings. The van der Waals surface area contributed by atoms with E-state index in [1.807, 2.05) is 31.2 Å². The van der Waals surface area contributed by atoms with Crippen molar-refractivity contribution in [3.8, 4) is 17.0 Å². The Bertz CT molecular complexity index is 1240. The van der Waals surface area contributed by atoms with Crippen LogP contribution in [-0.4, -0.2) is 23.6 Å². The molecule has 0 unspecified atom stereocenters. The van der Waals surface area contributed by atoms with E-state index in [0.29, 0.717) is 35.3 Å². The van der Waals surface area contributed by atoms with E-state index < -0.39 is 11.7 Å². The Morgan fingerprint density at radius 3 is 2.55 bits per heavy atom. The number of unbranched alkanes of at least 4 members (excludes halogenated alkanes) is 1. The number of aryl methyl sites for hydroxylation is 2. The van der Waals surface area contributed by atoms with Crippen molar-refractivity contribution in [2.45, 2.75) is 32.4 Å². The number of nitrogens with zero attached hydrogens (tertiary/aromatic N) is 1. The van der Waals surface area contributed by atoms with Crippen LogP contribution >= 0.6 is 0 Å². The van der Waals surface area contributed by atoms with Gasteiger partial charge in [-0.25, -0.2) is 4.98 Å². The summed E-state index contributed by atoms with van der Waals surface area (Å²) in [7, 11) is 1.58. The average molecular weight is 427 g/mol. The first-order valence-corrected chi connectivity index (χ1v) is 10.2. The highest BCUT2D eigenvalue weighted by molar-refractivity contribution is 6.02. The molecule has 7 heteroatoms. The van der Waals surface area contributed by atoms with Crippen molar-refractivity contribution in [1.82, 2.24) is 9.97 Å². The molecule has 2 aromatic heterocycles. The molecule has 2 aromatic carbocycles. The highest BCUT2D eigenvalue weighted by atomic mass is 19.4. The van der Waals surface area contributed by atoms with Crippen LogP contribution in [0.4, 0.5) is 13.2 Å². The molecule has 0 spiro atoms. The van der Waals surface area contributed by atoms with Gasteiger partial charge in [0.05, 0.1) is 23.9 Å². The van der Waals surface area contributed by atoms with E-state index in [-0.39, 0.29) is 5.52 Å². The second kappa shape index (κ2) is 8.23. The van der Waals surface area contributed by atoms with Gasteiger partial charge in [-0.05, 0) is 62.6 Å². The Labute approximate surface area is 178 Å². The van der Waals surface area contributed by atoms with Crippen molar-refractivity contribution in [2.24, 2.45) is 5.73 Å². The van der Waals surface area contributed by atoms with Gasteiger partial charge in [0.15, 0.2) is 0 Å². The molecule has 4 nitrogen and oxygen atoms in total. The zero-order valence-corrected chi connectivity index (χ0v) is 17.4. The highest BCUT2D eigenvalue weighted by Crippen LogP contribution is 2.41. The fourth-order valence-electron chi connectivity index (χ4n) is 4.12. The first-order valence-electron chi connectivity index (χ1n) is 10.2. The van der Waals surface area contributed by atoms with E-state index in [1.54, 1.807) is 13.2 Å². The number of hydrogen-bond donors (Lipinski definition) is 2. The minimum Gasteiger partial charge on any atom is -0.494 e. The van der Waals surface area contributed by atoms with Crippen LogP contribution < -0.4 is 10.5 Å². The second-order valence-electron chi connectivity index (χ2n) is 7.61. The van der Waals surface area contributed by atoms with Crippen molar-refractivity contribution in [1.29, 1.82) is 0 Å². The van der Waals surface area contributed by atoms with Gasteiger partial charge in [-0.2, -0.15) is 13.2 Å². The molecule has 0 atom stereocenters. The fourth-order valence-corrected chi connectivity index (χ4v) is 4.12. The monoisotopic (exact) mass is 427 g/mol. The topological polar surface area (TPSA) is 63.9 Å². The predicted octanol–water partition coefficient (Wildman–Crippen LogP) is 6.00. The first-order chi connectivity index (χ1) is 14.8. The summed E-state index contributed by atoms with van der Waals surface area (Å²) in [5, 5.41) is 1.41. The zero-order valence-electron chi connectivity index (χ0n) is 17.4. The fraction of sp³-hybridized carbons (Fsp3) is 0.292. The quantitative estimate of drug-likeness (QED) is 0.371. The number of ether oxygens (including phenoxy) is 1. The first kappa shape index (κ1) is 21.2. The van der Waals surface area contributed by atoms with Gasteiger partial charge in [0, 0.05) is 22.0 Å². The lowest BCUT2D eigenvalue weighted by molar-refractivity contribution is -0.136. The normalized spacial score (nSPS) is 12.1. The lowest BCUT2D eigenvalue weighted by Gasteiger charge is -2.12. The maximum atomic E-state index is 13.7. The number of rotatable bonds is 6. The molecule has 0 saturated carbocycles. The Morgan fingerprint density at radius 1 is 1.03 bits per heavy atom. The molecule has 2 heterocycles. The Hall–Kier alpha value is -3.06. The van der Waals surface area contributed by atoms with Gasteiger partial charge in [0.25, 0.3) is 0 Å². The van der Waals surface area contributed by atoms with Gasteiger partial charge >= 0.3 is 6.18 Å². The van der Waals surface area contributed by atoms with Crippen LogP contribution in [0.1, 0.15) is 29.7 Å². The van der Waals surface area contributed by atoms with Crippen molar-refractivity contribution in [3.05, 3.63) is 59.3 Å². The summed E-state index contributed by atoms with van der Waals surface area (Å²) < 4.78 is 46.6. The van der Waals surface area contributed by atoms with Crippen LogP contribution in [-0.2, 0) is 12.6 Å². The molecule has 3 N–H and O–H groups in total. The Kier molecular flexibility index (Phi) is 5.62. The number of halogens is 3. The molecule has 0 aliphatic carbocycles. The third-order valence-electron chi connectivity index (χ3n) is 5.58. The number of methoxy groups -OCH3 is 1. The molecule has 0 radical (unpaired) electrons. The number of hydrogen-bond acceptors (Lipinski definition) is 3. The summed E-state index contributed by atoms with van der Waals surface area (Å²) in [4.78, 5) is 7.72. The molecule has 0 saturated heterocycles. The lowest BCUT2D eigenvalue weighted by atomic mass is 9.97. The number of aromatic amines is 1. The average Bonchev–Trinajstić information content (AvgIpc) is 3.10. The Morgan fingerprint density at radius 2 is 1.84 bits per heavy atom. The van der Waals surface area contributed by atoms with E-state index in [4.69, 9.17) is 10.5 Å². The minimum atomic E-state index is -4.45. The molecular formula is C24H24F3N3O. The summed E-state index contributed by atoms with van der Waals surface area (Å²) in [6, 6.07) is 11.8. The highest BCUT2D eigenvalue weighted by Gasteiger charge is 2.34. The van der Waals surface area contributed by atoms with Crippen molar-refractivity contribution in [2.75, 3.05) is 13.7 Å². The van der Waals surface area contributed by atoms with Gasteiger partial charge in [-0.1, -0.05) is 18.2 Å². The van der Waals surface area contributed by atoms with Crippen LogP contribution in [0.3, 0.4) is 0 Å². The van der Waals surface area contributed by atoms with Crippen LogP contribution in [0.2, 0.25) is 0 Å². The molecular weight excluding hydrogens is 403 g/mol. The molecule has 0 amide bonds. The third-order valence-corrected chi connectivity index (χ3v) is 5.58. The van der Waals surface area contributed by atoms with E-state index in [0.717, 1.165) is 41.1 Å². The number of nitrogens with one attached hydrogen (secondary N) is 1. The van der Waals surface area contributed by atoms with E-state index in [2.05, 4.69) is 9.97 Å². The molecule has 4 aromatic rings. The number of nitrogens with two attached hydrogens (primary N) is 1. The van der Waals surface area contributed by atoms with Crippen molar-refractivity contribution < 1.29 is 17.9 Å². The van der Waals surface area contributed by atoms with Gasteiger partial charge in [0.2, 0.25) is 0 Å².